The van der Waals surface area contributed by atoms with Gasteiger partial charge in [0.2, 0.25) is 0 Å². The topological polar surface area (TPSA) is 36.1 Å². The lowest BCUT2D eigenvalue weighted by Crippen LogP contribution is -2.40. The van der Waals surface area contributed by atoms with Crippen molar-refractivity contribution in [3.63, 3.8) is 0 Å². The Morgan fingerprint density at radius 2 is 1.97 bits per heavy atom. The van der Waals surface area contributed by atoms with Crippen LogP contribution in [-0.4, -0.2) is 28.9 Å². The number of nitrogens with one attached hydrogen (secondary N) is 1. The van der Waals surface area contributed by atoms with Gasteiger partial charge in [0.1, 0.15) is 0 Å². The number of hydrogen-bond acceptors (Lipinski definition) is 1. The molecule has 1 amide bonds. The van der Waals surface area contributed by atoms with Crippen LogP contribution in [0, 0.1) is 5.92 Å². The van der Waals surface area contributed by atoms with Gasteiger partial charge < -0.3 is 9.88 Å². The number of nitrogens with zero attached hydrogens (tertiary/aromatic N) is 1. The van der Waals surface area contributed by atoms with Crippen LogP contribution in [0.1, 0.15) is 40.7 Å². The van der Waals surface area contributed by atoms with Crippen LogP contribution < -0.4 is 0 Å². The van der Waals surface area contributed by atoms with Gasteiger partial charge in [0.15, 0.2) is 0 Å². The van der Waals surface area contributed by atoms with Crippen molar-refractivity contribution < 1.29 is 18.0 Å². The van der Waals surface area contributed by atoms with Crippen molar-refractivity contribution in [3.05, 3.63) is 71.4 Å². The quantitative estimate of drug-likeness (QED) is 0.602. The molecule has 1 aliphatic rings. The number of halogens is 3. The molecule has 0 radical (unpaired) electrons. The number of aryl methyl sites for hydroxylation is 1. The van der Waals surface area contributed by atoms with E-state index in [0.717, 1.165) is 29.8 Å². The van der Waals surface area contributed by atoms with Crippen molar-refractivity contribution in [3.8, 4) is 0 Å². The Bertz CT molecular complexity index is 1010. The first-order valence-corrected chi connectivity index (χ1v) is 9.93. The van der Waals surface area contributed by atoms with Gasteiger partial charge in [0.05, 0.1) is 5.56 Å². The van der Waals surface area contributed by atoms with Crippen molar-refractivity contribution in [1.82, 2.24) is 9.88 Å². The van der Waals surface area contributed by atoms with Gasteiger partial charge in [0, 0.05) is 30.4 Å². The number of fused-ring (bicyclic) bond motifs is 1. The van der Waals surface area contributed by atoms with E-state index in [0.29, 0.717) is 37.1 Å². The predicted molar refractivity (Wildman–Crippen MR) is 107 cm³/mol. The van der Waals surface area contributed by atoms with Crippen molar-refractivity contribution in [2.24, 2.45) is 5.92 Å². The highest BCUT2D eigenvalue weighted by molar-refractivity contribution is 5.98. The molecule has 0 saturated carbocycles. The van der Waals surface area contributed by atoms with E-state index in [9.17, 15) is 18.0 Å². The lowest BCUT2D eigenvalue weighted by atomic mass is 9.90. The van der Waals surface area contributed by atoms with Gasteiger partial charge in [-0.25, -0.2) is 0 Å². The number of piperidine rings is 1. The van der Waals surface area contributed by atoms with Gasteiger partial charge in [0.25, 0.3) is 5.91 Å². The molecule has 0 aliphatic carbocycles. The fourth-order valence-corrected chi connectivity index (χ4v) is 4.22. The molecule has 4 rings (SSSR count). The third-order valence-corrected chi connectivity index (χ3v) is 5.75. The number of rotatable bonds is 4. The second-order valence-electron chi connectivity index (χ2n) is 7.73. The molecule has 1 N–H and O–H groups in total. The van der Waals surface area contributed by atoms with Crippen molar-refractivity contribution in [1.29, 1.82) is 0 Å². The third-order valence-electron chi connectivity index (χ3n) is 5.75. The molecule has 3 aromatic rings. The van der Waals surface area contributed by atoms with Crippen molar-refractivity contribution in [2.75, 3.05) is 13.1 Å². The molecule has 3 nitrogen and oxygen atoms in total. The zero-order chi connectivity index (χ0) is 20.4. The fraction of sp³-hybridized carbons (Fsp3) is 0.348. The van der Waals surface area contributed by atoms with Crippen LogP contribution in [0.4, 0.5) is 13.2 Å². The second-order valence-corrected chi connectivity index (χ2v) is 7.73. The fourth-order valence-electron chi connectivity index (χ4n) is 4.22. The minimum Gasteiger partial charge on any atom is -0.361 e. The molecule has 2 aromatic carbocycles. The summed E-state index contributed by atoms with van der Waals surface area (Å²) < 4.78 is 39.6. The summed E-state index contributed by atoms with van der Waals surface area (Å²) in [7, 11) is 0. The highest BCUT2D eigenvalue weighted by Crippen LogP contribution is 2.33. The normalized spacial score (nSPS) is 17.6. The van der Waals surface area contributed by atoms with E-state index in [4.69, 9.17) is 0 Å². The summed E-state index contributed by atoms with van der Waals surface area (Å²) in [5.74, 6) is 0.199. The number of amides is 1. The summed E-state index contributed by atoms with van der Waals surface area (Å²) in [6.45, 7) is 1.28. The molecule has 1 aliphatic heterocycles. The van der Waals surface area contributed by atoms with Crippen LogP contribution in [0.25, 0.3) is 10.9 Å². The molecular weight excluding hydrogens is 377 g/mol. The average molecular weight is 400 g/mol. The number of likely N-dealkylation sites (tertiary alicyclic amines) is 1. The van der Waals surface area contributed by atoms with E-state index in [-0.39, 0.29) is 11.8 Å². The van der Waals surface area contributed by atoms with E-state index < -0.39 is 11.7 Å². The van der Waals surface area contributed by atoms with E-state index in [2.05, 4.69) is 4.98 Å². The summed E-state index contributed by atoms with van der Waals surface area (Å²) in [5, 5.41) is 1.06. The van der Waals surface area contributed by atoms with E-state index in [1.807, 2.05) is 35.4 Å². The maximum atomic E-state index is 13.2. The monoisotopic (exact) mass is 400 g/mol. The smallest absolute Gasteiger partial charge is 0.361 e. The Kier molecular flexibility index (Phi) is 5.35. The first-order chi connectivity index (χ1) is 13.9. The number of H-pyrrole nitrogens is 1. The molecule has 152 valence electrons. The van der Waals surface area contributed by atoms with Gasteiger partial charge in [-0.3, -0.25) is 4.79 Å². The van der Waals surface area contributed by atoms with Gasteiger partial charge in [-0.05, 0) is 66.8 Å². The molecule has 0 spiro atoms. The standard InChI is InChI=1S/C23H23F3N2O/c24-23(25,26)20-6-2-1-5-17(20)8-7-16-4-3-13-28(15-16)22(29)19-10-9-18-11-12-27-21(18)14-19/h1-2,5-6,9-12,14,16,27H,3-4,7-8,13,15H2. The largest absolute Gasteiger partial charge is 0.416 e. The minimum atomic E-state index is -4.33. The molecule has 2 heterocycles. The number of alkyl halides is 3. The molecule has 0 bridgehead atoms. The predicted octanol–water partition coefficient (Wildman–Crippen LogP) is 5.67. The minimum absolute atomic E-state index is 0.0121. The third kappa shape index (κ3) is 4.31. The lowest BCUT2D eigenvalue weighted by Gasteiger charge is -2.33. The first kappa shape index (κ1) is 19.6. The molecule has 6 heteroatoms. The Morgan fingerprint density at radius 1 is 1.14 bits per heavy atom. The lowest BCUT2D eigenvalue weighted by molar-refractivity contribution is -0.138. The average Bonchev–Trinajstić information content (AvgIpc) is 3.19. The van der Waals surface area contributed by atoms with Gasteiger partial charge in [-0.2, -0.15) is 13.2 Å². The summed E-state index contributed by atoms with van der Waals surface area (Å²) in [5.41, 5.74) is 1.35. The number of aromatic nitrogens is 1. The number of carbonyl (C=O) groups is 1. The van der Waals surface area contributed by atoms with Crippen molar-refractivity contribution >= 4 is 16.8 Å². The van der Waals surface area contributed by atoms with Crippen molar-refractivity contribution in [2.45, 2.75) is 31.9 Å². The Labute approximate surface area is 167 Å². The van der Waals surface area contributed by atoms with E-state index in [1.54, 1.807) is 12.1 Å². The van der Waals surface area contributed by atoms with Crippen LogP contribution in [-0.2, 0) is 12.6 Å². The number of aromatic amines is 1. The number of hydrogen-bond donors (Lipinski definition) is 1. The summed E-state index contributed by atoms with van der Waals surface area (Å²) in [6, 6.07) is 13.4. The van der Waals surface area contributed by atoms with Gasteiger partial charge in [-0.1, -0.05) is 24.3 Å². The molecule has 1 saturated heterocycles. The molecule has 1 aromatic heterocycles. The van der Waals surface area contributed by atoms with E-state index in [1.165, 1.54) is 6.07 Å². The van der Waals surface area contributed by atoms with E-state index >= 15 is 0 Å². The summed E-state index contributed by atoms with van der Waals surface area (Å²) in [4.78, 5) is 17.9. The van der Waals surface area contributed by atoms with Crippen LogP contribution in [0.2, 0.25) is 0 Å². The van der Waals surface area contributed by atoms with Crippen LogP contribution >= 0.6 is 0 Å². The zero-order valence-electron chi connectivity index (χ0n) is 16.0. The van der Waals surface area contributed by atoms with Crippen LogP contribution in [0.3, 0.4) is 0 Å². The summed E-state index contributed by atoms with van der Waals surface area (Å²) in [6.07, 6.45) is 0.343. The molecule has 29 heavy (non-hydrogen) atoms. The Balaban J connectivity index is 1.42. The maximum absolute atomic E-state index is 13.2. The molecule has 1 atom stereocenters. The van der Waals surface area contributed by atoms with Gasteiger partial charge >= 0.3 is 6.18 Å². The highest BCUT2D eigenvalue weighted by atomic mass is 19.4. The number of carbonyl (C=O) groups excluding carboxylic acids is 1. The molecular formula is C23H23F3N2O. The summed E-state index contributed by atoms with van der Waals surface area (Å²) >= 11 is 0. The van der Waals surface area contributed by atoms with Crippen LogP contribution in [0.5, 0.6) is 0 Å². The molecule has 1 fully saturated rings. The number of benzene rings is 2. The SMILES string of the molecule is O=C(c1ccc2cc[nH]c2c1)N1CCCC(CCc2ccccc2C(F)(F)F)C1. The van der Waals surface area contributed by atoms with Gasteiger partial charge in [-0.15, -0.1) is 0 Å². The Morgan fingerprint density at radius 3 is 2.79 bits per heavy atom. The van der Waals surface area contributed by atoms with Crippen LogP contribution in [0.15, 0.2) is 54.7 Å². The zero-order valence-corrected chi connectivity index (χ0v) is 16.0. The second kappa shape index (κ2) is 7.93. The first-order valence-electron chi connectivity index (χ1n) is 9.93. The highest BCUT2D eigenvalue weighted by Gasteiger charge is 2.33. The maximum Gasteiger partial charge on any atom is 0.416 e. The molecule has 1 unspecified atom stereocenters. The Hall–Kier alpha value is -2.76.